The maximum absolute atomic E-state index is 12.0. The predicted molar refractivity (Wildman–Crippen MR) is 110 cm³/mol. The van der Waals surface area contributed by atoms with Crippen molar-refractivity contribution in [1.82, 2.24) is 25.1 Å². The highest BCUT2D eigenvalue weighted by Gasteiger charge is 2.26. The van der Waals surface area contributed by atoms with E-state index in [9.17, 15) is 14.9 Å². The number of pyridine rings is 2. The van der Waals surface area contributed by atoms with Crippen LogP contribution in [0.1, 0.15) is 5.56 Å². The number of hydrogen-bond acceptors (Lipinski definition) is 11. The van der Waals surface area contributed by atoms with Crippen LogP contribution in [0.15, 0.2) is 15.7 Å². The number of fused-ring (bicyclic) bond motifs is 1. The zero-order chi connectivity index (χ0) is 21.4. The van der Waals surface area contributed by atoms with Crippen LogP contribution in [0.4, 0.5) is 23.3 Å². The van der Waals surface area contributed by atoms with E-state index in [1.54, 1.807) is 11.0 Å². The summed E-state index contributed by atoms with van der Waals surface area (Å²) in [5.41, 5.74) is 11.2. The van der Waals surface area contributed by atoms with Gasteiger partial charge < -0.3 is 26.0 Å². The average molecular weight is 410 g/mol. The van der Waals surface area contributed by atoms with Crippen LogP contribution in [0.2, 0.25) is 0 Å². The number of H-pyrrole nitrogens is 2. The largest absolute Gasteiger partial charge is 0.481 e. The zero-order valence-electron chi connectivity index (χ0n) is 16.0. The number of rotatable bonds is 3. The number of ether oxygens (including phenoxy) is 1. The van der Waals surface area contributed by atoms with Gasteiger partial charge in [0.1, 0.15) is 29.1 Å². The summed E-state index contributed by atoms with van der Waals surface area (Å²) in [6, 6.07) is 3.78. The summed E-state index contributed by atoms with van der Waals surface area (Å²) in [6.45, 7) is 1.75. The molecule has 3 aromatic rings. The standard InChI is InChI=1S/C17H18N10O3/c1-30-10-6-8-9(7-18)14(22-13(20)11(8)12(19)21-10)26-2-4-27(5-3-26)15-16(28)23-17(29)25-24-15/h6H,2-5H2,1H3,(H2,19,21)(H2,20,22)(H2,23,25,28,29). The molecule has 1 aliphatic heterocycles. The van der Waals surface area contributed by atoms with E-state index < -0.39 is 11.2 Å². The molecular formula is C17H18N10O3. The van der Waals surface area contributed by atoms with Gasteiger partial charge in [0.25, 0.3) is 5.56 Å². The highest BCUT2D eigenvalue weighted by Crippen LogP contribution is 2.35. The Morgan fingerprint density at radius 3 is 2.33 bits per heavy atom. The molecule has 1 saturated heterocycles. The number of nitrogens with two attached hydrogens (primary N) is 2. The molecule has 30 heavy (non-hydrogen) atoms. The van der Waals surface area contributed by atoms with Gasteiger partial charge in [-0.25, -0.2) is 14.9 Å². The fourth-order valence-electron chi connectivity index (χ4n) is 3.48. The molecule has 3 aromatic heterocycles. The Kier molecular flexibility index (Phi) is 4.59. The van der Waals surface area contributed by atoms with E-state index in [-0.39, 0.29) is 23.3 Å². The summed E-state index contributed by atoms with van der Waals surface area (Å²) in [5, 5.41) is 16.8. The van der Waals surface area contributed by atoms with Gasteiger partial charge in [-0.15, -0.1) is 5.10 Å². The number of hydrogen-bond donors (Lipinski definition) is 4. The van der Waals surface area contributed by atoms with Gasteiger partial charge in [0.05, 0.1) is 12.5 Å². The number of piperazine rings is 1. The second kappa shape index (κ2) is 7.24. The topological polar surface area (TPSA) is 196 Å². The van der Waals surface area contributed by atoms with Gasteiger partial charge >= 0.3 is 5.69 Å². The molecule has 1 aliphatic rings. The first-order valence-electron chi connectivity index (χ1n) is 8.95. The first kappa shape index (κ1) is 19.0. The molecule has 1 fully saturated rings. The van der Waals surface area contributed by atoms with E-state index in [0.717, 1.165) is 0 Å². The highest BCUT2D eigenvalue weighted by atomic mass is 16.5. The molecule has 154 valence electrons. The van der Waals surface area contributed by atoms with E-state index in [4.69, 9.17) is 16.2 Å². The Bertz CT molecular complexity index is 1280. The monoisotopic (exact) mass is 410 g/mol. The van der Waals surface area contributed by atoms with Crippen molar-refractivity contribution in [3.05, 3.63) is 32.5 Å². The SMILES string of the molecule is COc1cc2c(C#N)c(N3CCN(c4n[nH]c(=O)[nH]c4=O)CC3)nc(N)c2c(N)n1. The van der Waals surface area contributed by atoms with Gasteiger partial charge in [0.2, 0.25) is 11.7 Å². The summed E-state index contributed by atoms with van der Waals surface area (Å²) < 4.78 is 5.16. The highest BCUT2D eigenvalue weighted by molar-refractivity contribution is 6.04. The minimum atomic E-state index is -0.666. The lowest BCUT2D eigenvalue weighted by Gasteiger charge is -2.35. The number of nitriles is 1. The molecule has 6 N–H and O–H groups in total. The number of anilines is 4. The molecule has 13 heteroatoms. The first-order chi connectivity index (χ1) is 14.4. The number of aromatic nitrogens is 5. The zero-order valence-corrected chi connectivity index (χ0v) is 16.0. The lowest BCUT2D eigenvalue weighted by Crippen LogP contribution is -2.49. The summed E-state index contributed by atoms with van der Waals surface area (Å²) in [6.07, 6.45) is 0. The van der Waals surface area contributed by atoms with Gasteiger partial charge in [-0.3, -0.25) is 9.78 Å². The number of nitrogens with one attached hydrogen (secondary N) is 2. The van der Waals surface area contributed by atoms with Gasteiger partial charge in [-0.1, -0.05) is 0 Å². The van der Waals surface area contributed by atoms with Crippen molar-refractivity contribution in [1.29, 1.82) is 5.26 Å². The Balaban J connectivity index is 1.70. The van der Waals surface area contributed by atoms with Crippen LogP contribution in [-0.2, 0) is 0 Å². The molecule has 0 aliphatic carbocycles. The molecule has 4 heterocycles. The summed E-state index contributed by atoms with van der Waals surface area (Å²) >= 11 is 0. The Labute approximate surface area is 168 Å². The maximum Gasteiger partial charge on any atom is 0.342 e. The number of aromatic amines is 2. The lowest BCUT2D eigenvalue weighted by atomic mass is 10.1. The molecule has 13 nitrogen and oxygen atoms in total. The van der Waals surface area contributed by atoms with Crippen LogP contribution in [0.5, 0.6) is 5.88 Å². The molecule has 0 saturated carbocycles. The molecule has 0 radical (unpaired) electrons. The molecular weight excluding hydrogens is 392 g/mol. The van der Waals surface area contributed by atoms with Crippen molar-refractivity contribution < 1.29 is 4.74 Å². The molecule has 0 amide bonds. The van der Waals surface area contributed by atoms with Crippen molar-refractivity contribution in [2.75, 3.05) is 54.6 Å². The van der Waals surface area contributed by atoms with Crippen molar-refractivity contribution in [2.45, 2.75) is 0 Å². The minimum absolute atomic E-state index is 0.129. The van der Waals surface area contributed by atoms with E-state index in [1.165, 1.54) is 7.11 Å². The van der Waals surface area contributed by atoms with Crippen molar-refractivity contribution in [3.63, 3.8) is 0 Å². The lowest BCUT2D eigenvalue weighted by molar-refractivity contribution is 0.399. The maximum atomic E-state index is 12.0. The van der Waals surface area contributed by atoms with Crippen molar-refractivity contribution in [2.24, 2.45) is 0 Å². The molecule has 0 unspecified atom stereocenters. The summed E-state index contributed by atoms with van der Waals surface area (Å²) in [7, 11) is 1.46. The van der Waals surface area contributed by atoms with Crippen molar-refractivity contribution in [3.8, 4) is 11.9 Å². The van der Waals surface area contributed by atoms with Crippen LogP contribution < -0.4 is 37.3 Å². The minimum Gasteiger partial charge on any atom is -0.481 e. The van der Waals surface area contributed by atoms with Gasteiger partial charge in [-0.2, -0.15) is 10.2 Å². The fraction of sp³-hybridized carbons (Fsp3) is 0.294. The van der Waals surface area contributed by atoms with E-state index >= 15 is 0 Å². The average Bonchev–Trinajstić information content (AvgIpc) is 2.73. The van der Waals surface area contributed by atoms with Gasteiger partial charge in [0.15, 0.2) is 0 Å². The van der Waals surface area contributed by atoms with Gasteiger partial charge in [-0.05, 0) is 0 Å². The van der Waals surface area contributed by atoms with E-state index in [0.29, 0.717) is 48.3 Å². The third-order valence-electron chi connectivity index (χ3n) is 4.89. The number of nitrogen functional groups attached to an aromatic ring is 2. The quantitative estimate of drug-likeness (QED) is 0.403. The summed E-state index contributed by atoms with van der Waals surface area (Å²) in [5.74, 6) is 1.10. The molecule has 0 bridgehead atoms. The van der Waals surface area contributed by atoms with Crippen LogP contribution in [0.25, 0.3) is 10.8 Å². The Morgan fingerprint density at radius 2 is 1.73 bits per heavy atom. The smallest absolute Gasteiger partial charge is 0.342 e. The normalized spacial score (nSPS) is 14.0. The molecule has 0 spiro atoms. The Morgan fingerprint density at radius 1 is 1.10 bits per heavy atom. The van der Waals surface area contributed by atoms with Crippen LogP contribution >= 0.6 is 0 Å². The Hall–Kier alpha value is -4.34. The first-order valence-corrected chi connectivity index (χ1v) is 8.95. The molecule has 0 aromatic carbocycles. The predicted octanol–water partition coefficient (Wildman–Crippen LogP) is -1.23. The van der Waals surface area contributed by atoms with Crippen molar-refractivity contribution >= 4 is 34.0 Å². The van der Waals surface area contributed by atoms with Crippen LogP contribution in [-0.4, -0.2) is 58.4 Å². The number of methoxy groups -OCH3 is 1. The third-order valence-corrected chi connectivity index (χ3v) is 4.89. The van der Waals surface area contributed by atoms with Gasteiger partial charge in [0, 0.05) is 37.6 Å². The van der Waals surface area contributed by atoms with Crippen LogP contribution in [0, 0.1) is 11.3 Å². The number of nitrogens with zero attached hydrogens (tertiary/aromatic N) is 6. The van der Waals surface area contributed by atoms with Crippen LogP contribution in [0.3, 0.4) is 0 Å². The second-order valence-electron chi connectivity index (χ2n) is 6.58. The third kappa shape index (κ3) is 3.09. The fourth-order valence-corrected chi connectivity index (χ4v) is 3.48. The van der Waals surface area contributed by atoms with E-state index in [1.807, 2.05) is 4.90 Å². The molecule has 0 atom stereocenters. The second-order valence-corrected chi connectivity index (χ2v) is 6.58. The molecule has 4 rings (SSSR count). The summed E-state index contributed by atoms with van der Waals surface area (Å²) in [4.78, 5) is 37.4. The van der Waals surface area contributed by atoms with E-state index in [2.05, 4.69) is 31.2 Å².